The lowest BCUT2D eigenvalue weighted by atomic mass is 9.98. The molecular formula is C20H21Br3O10. The molecule has 1 fully saturated rings. The molecule has 0 N–H and O–H groups in total. The quantitative estimate of drug-likeness (QED) is 0.317. The van der Waals surface area contributed by atoms with Crippen molar-refractivity contribution in [3.63, 3.8) is 0 Å². The van der Waals surface area contributed by atoms with Gasteiger partial charge in [0.15, 0.2) is 18.0 Å². The summed E-state index contributed by atoms with van der Waals surface area (Å²) in [6.07, 6.45) is -6.34. The molecule has 182 valence electrons. The van der Waals surface area contributed by atoms with Gasteiger partial charge in [0.2, 0.25) is 12.4 Å². The molecule has 13 heteroatoms. The van der Waals surface area contributed by atoms with Gasteiger partial charge < -0.3 is 28.4 Å². The Morgan fingerprint density at radius 2 is 1.27 bits per heavy atom. The summed E-state index contributed by atoms with van der Waals surface area (Å²) in [5.74, 6) is -2.48. The van der Waals surface area contributed by atoms with Crippen molar-refractivity contribution in [2.24, 2.45) is 0 Å². The monoisotopic (exact) mass is 658 g/mol. The number of rotatable bonds is 7. The fourth-order valence-electron chi connectivity index (χ4n) is 3.04. The van der Waals surface area contributed by atoms with Crippen LogP contribution in [0.15, 0.2) is 25.6 Å². The molecule has 1 aliphatic rings. The lowest BCUT2D eigenvalue weighted by molar-refractivity contribution is -0.288. The summed E-state index contributed by atoms with van der Waals surface area (Å²) in [7, 11) is 0. The van der Waals surface area contributed by atoms with E-state index < -0.39 is 54.6 Å². The number of halogens is 3. The van der Waals surface area contributed by atoms with Crippen LogP contribution in [0.3, 0.4) is 0 Å². The first-order valence-electron chi connectivity index (χ1n) is 9.50. The highest BCUT2D eigenvalue weighted by Crippen LogP contribution is 2.39. The Kier molecular flexibility index (Phi) is 10.1. The van der Waals surface area contributed by atoms with Crippen molar-refractivity contribution in [1.82, 2.24) is 0 Å². The third-order valence-corrected chi connectivity index (χ3v) is 5.78. The molecule has 0 aliphatic carbocycles. The van der Waals surface area contributed by atoms with Gasteiger partial charge in [0.05, 0.1) is 8.95 Å². The first-order chi connectivity index (χ1) is 15.4. The van der Waals surface area contributed by atoms with Crippen LogP contribution in [0.5, 0.6) is 5.75 Å². The van der Waals surface area contributed by atoms with Gasteiger partial charge in [0.25, 0.3) is 0 Å². The largest absolute Gasteiger partial charge is 0.463 e. The molecular weight excluding hydrogens is 640 g/mol. The third kappa shape index (κ3) is 7.94. The van der Waals surface area contributed by atoms with Gasteiger partial charge in [-0.05, 0) is 44.0 Å². The Bertz CT molecular complexity index is 898. The minimum Gasteiger partial charge on any atom is -0.463 e. The molecule has 0 bridgehead atoms. The van der Waals surface area contributed by atoms with Crippen molar-refractivity contribution in [1.29, 1.82) is 0 Å². The van der Waals surface area contributed by atoms with Gasteiger partial charge in [-0.3, -0.25) is 19.2 Å². The number of hydrogen-bond acceptors (Lipinski definition) is 10. The summed E-state index contributed by atoms with van der Waals surface area (Å²) in [6, 6.07) is 3.43. The topological polar surface area (TPSA) is 124 Å². The van der Waals surface area contributed by atoms with E-state index >= 15 is 0 Å². The summed E-state index contributed by atoms with van der Waals surface area (Å²) in [5.41, 5.74) is 0. The van der Waals surface area contributed by atoms with Crippen LogP contribution in [0.1, 0.15) is 27.7 Å². The molecule has 1 aromatic carbocycles. The van der Waals surface area contributed by atoms with E-state index in [1.807, 2.05) is 0 Å². The van der Waals surface area contributed by atoms with Gasteiger partial charge in [0.1, 0.15) is 12.7 Å². The average molecular weight is 661 g/mol. The number of carbonyl (C=O) groups excluding carboxylic acids is 4. The average Bonchev–Trinajstić information content (AvgIpc) is 2.66. The molecule has 33 heavy (non-hydrogen) atoms. The van der Waals surface area contributed by atoms with Crippen molar-refractivity contribution in [2.75, 3.05) is 6.61 Å². The fraction of sp³-hybridized carbons (Fsp3) is 0.500. The van der Waals surface area contributed by atoms with Crippen molar-refractivity contribution >= 4 is 71.7 Å². The Labute approximate surface area is 214 Å². The molecule has 0 amide bonds. The maximum atomic E-state index is 11.9. The second kappa shape index (κ2) is 12.1. The van der Waals surface area contributed by atoms with Crippen LogP contribution in [-0.4, -0.2) is 61.2 Å². The van der Waals surface area contributed by atoms with Gasteiger partial charge in [0, 0.05) is 32.2 Å². The minimum atomic E-state index is -1.33. The standard InChI is InChI=1S/C20H21Br3O10/c1-8(24)28-7-15-17(29-9(2)25)18(30-10(3)26)19(31-11(4)27)20(32-15)33-16-13(22)5-12(21)6-14(16)23/h5-6,15,17-20H,7H2,1-4H3/t15-,17-,18+,19-,20+/m0/s1. The minimum absolute atomic E-state index is 0.291. The second-order valence-corrected chi connectivity index (χ2v) is 9.51. The van der Waals surface area contributed by atoms with Crippen LogP contribution < -0.4 is 4.74 Å². The molecule has 0 unspecified atom stereocenters. The molecule has 1 heterocycles. The highest BCUT2D eigenvalue weighted by atomic mass is 79.9. The molecule has 0 spiro atoms. The van der Waals surface area contributed by atoms with Gasteiger partial charge >= 0.3 is 23.9 Å². The van der Waals surface area contributed by atoms with Gasteiger partial charge in [-0.15, -0.1) is 0 Å². The van der Waals surface area contributed by atoms with Gasteiger partial charge in [-0.1, -0.05) is 15.9 Å². The highest BCUT2D eigenvalue weighted by molar-refractivity contribution is 9.11. The number of carbonyl (C=O) groups is 4. The molecule has 10 nitrogen and oxygen atoms in total. The van der Waals surface area contributed by atoms with Crippen LogP contribution in [-0.2, 0) is 42.9 Å². The first kappa shape index (κ1) is 27.5. The van der Waals surface area contributed by atoms with Crippen LogP contribution in [0.2, 0.25) is 0 Å². The van der Waals surface area contributed by atoms with E-state index in [1.165, 1.54) is 6.92 Å². The van der Waals surface area contributed by atoms with Crippen LogP contribution in [0.4, 0.5) is 0 Å². The smallest absolute Gasteiger partial charge is 0.303 e. The Hall–Kier alpha value is -1.70. The Morgan fingerprint density at radius 3 is 1.76 bits per heavy atom. The molecule has 0 saturated carbocycles. The van der Waals surface area contributed by atoms with E-state index in [-0.39, 0.29) is 6.61 Å². The zero-order chi connectivity index (χ0) is 24.9. The molecule has 2 rings (SSSR count). The fourth-order valence-corrected chi connectivity index (χ4v) is 5.49. The Morgan fingerprint density at radius 1 is 0.788 bits per heavy atom. The van der Waals surface area contributed by atoms with E-state index in [4.69, 9.17) is 28.4 Å². The normalized spacial score (nSPS) is 24.4. The molecule has 1 saturated heterocycles. The Balaban J connectivity index is 2.52. The van der Waals surface area contributed by atoms with Crippen LogP contribution >= 0.6 is 47.8 Å². The van der Waals surface area contributed by atoms with E-state index in [1.54, 1.807) is 12.1 Å². The second-order valence-electron chi connectivity index (χ2n) is 6.88. The highest BCUT2D eigenvalue weighted by Gasteiger charge is 2.53. The summed E-state index contributed by atoms with van der Waals surface area (Å²) < 4.78 is 34.8. The summed E-state index contributed by atoms with van der Waals surface area (Å²) in [6.45, 7) is 4.29. The number of ether oxygens (including phenoxy) is 6. The predicted octanol–water partition coefficient (Wildman–Crippen LogP) is 3.44. The third-order valence-electron chi connectivity index (χ3n) is 4.15. The summed E-state index contributed by atoms with van der Waals surface area (Å²) in [5, 5.41) is 0. The van der Waals surface area contributed by atoms with Crippen LogP contribution in [0, 0.1) is 0 Å². The van der Waals surface area contributed by atoms with E-state index in [9.17, 15) is 19.2 Å². The van der Waals surface area contributed by atoms with Crippen molar-refractivity contribution < 1.29 is 47.6 Å². The number of esters is 4. The molecule has 5 atom stereocenters. The van der Waals surface area contributed by atoms with Crippen molar-refractivity contribution in [3.05, 3.63) is 25.6 Å². The van der Waals surface area contributed by atoms with E-state index in [2.05, 4.69) is 47.8 Å². The lowest BCUT2D eigenvalue weighted by Crippen LogP contribution is -2.63. The van der Waals surface area contributed by atoms with Gasteiger partial charge in [-0.25, -0.2) is 0 Å². The first-order valence-corrected chi connectivity index (χ1v) is 11.9. The SMILES string of the molecule is CC(=O)OC[C@@H]1O[C@H](Oc2c(Br)cc(Br)cc2Br)[C@@H](OC(C)=O)[C@H](OC(C)=O)[C@H]1OC(C)=O. The summed E-state index contributed by atoms with van der Waals surface area (Å²) >= 11 is 10.1. The van der Waals surface area contributed by atoms with Gasteiger partial charge in [-0.2, -0.15) is 0 Å². The zero-order valence-electron chi connectivity index (χ0n) is 18.0. The molecule has 1 aromatic rings. The summed E-state index contributed by atoms with van der Waals surface area (Å²) in [4.78, 5) is 46.9. The maximum Gasteiger partial charge on any atom is 0.303 e. The van der Waals surface area contributed by atoms with E-state index in [0.717, 1.165) is 25.2 Å². The van der Waals surface area contributed by atoms with Crippen LogP contribution in [0.25, 0.3) is 0 Å². The zero-order valence-corrected chi connectivity index (χ0v) is 22.7. The molecule has 1 aliphatic heterocycles. The van der Waals surface area contributed by atoms with E-state index in [0.29, 0.717) is 14.7 Å². The lowest BCUT2D eigenvalue weighted by Gasteiger charge is -2.44. The van der Waals surface area contributed by atoms with Crippen molar-refractivity contribution in [3.8, 4) is 5.75 Å². The molecule has 0 radical (unpaired) electrons. The van der Waals surface area contributed by atoms with Crippen molar-refractivity contribution in [2.45, 2.75) is 58.4 Å². The molecule has 0 aromatic heterocycles. The maximum absolute atomic E-state index is 11.9. The predicted molar refractivity (Wildman–Crippen MR) is 122 cm³/mol. The number of benzene rings is 1. The number of hydrogen-bond donors (Lipinski definition) is 0.